The van der Waals surface area contributed by atoms with Gasteiger partial charge in [-0.05, 0) is 0 Å². The summed E-state index contributed by atoms with van der Waals surface area (Å²) in [4.78, 5) is 10.8. The Hall–Kier alpha value is -1.06. The van der Waals surface area contributed by atoms with Gasteiger partial charge in [-0.3, -0.25) is 4.79 Å². The molecule has 0 aromatic heterocycles. The third-order valence-corrected chi connectivity index (χ3v) is 3.32. The summed E-state index contributed by atoms with van der Waals surface area (Å²) >= 11 is 0. The Morgan fingerprint density at radius 2 is 2.14 bits per heavy atom. The fraction of sp³-hybridized carbons (Fsp3) is 0.625. The minimum Gasteiger partial charge on any atom is -0.468 e. The molecule has 14 heavy (non-hydrogen) atoms. The van der Waals surface area contributed by atoms with Crippen LogP contribution >= 0.6 is 0 Å². The number of sulfonamides is 1. The molecule has 0 aliphatic heterocycles. The quantitative estimate of drug-likeness (QED) is 0.459. The van der Waals surface area contributed by atoms with E-state index in [1.165, 1.54) is 0 Å². The maximum atomic E-state index is 11.5. The average molecular weight is 219 g/mol. The molecular formula is C8H13NO4S. The monoisotopic (exact) mass is 219 g/mol. The Morgan fingerprint density at radius 1 is 1.57 bits per heavy atom. The molecular weight excluding hydrogens is 206 g/mol. The highest BCUT2D eigenvalue weighted by Crippen LogP contribution is 2.00. The first-order valence-electron chi connectivity index (χ1n) is 3.96. The molecule has 0 amide bonds. The molecule has 0 aliphatic rings. The van der Waals surface area contributed by atoms with E-state index >= 15 is 0 Å². The van der Waals surface area contributed by atoms with E-state index in [1.54, 1.807) is 6.92 Å². The Morgan fingerprint density at radius 3 is 2.50 bits per heavy atom. The van der Waals surface area contributed by atoms with E-state index < -0.39 is 21.7 Å². The van der Waals surface area contributed by atoms with Crippen LogP contribution in [-0.2, 0) is 19.6 Å². The fourth-order valence-corrected chi connectivity index (χ4v) is 2.07. The molecule has 0 spiro atoms. The summed E-state index contributed by atoms with van der Waals surface area (Å²) in [6, 6.07) is 0. The Labute approximate surface area is 84.1 Å². The van der Waals surface area contributed by atoms with Gasteiger partial charge in [-0.15, -0.1) is 6.42 Å². The van der Waals surface area contributed by atoms with Crippen molar-refractivity contribution in [2.45, 2.75) is 6.92 Å². The molecule has 0 saturated carbocycles. The number of esters is 1. The van der Waals surface area contributed by atoms with Crippen molar-refractivity contribution in [2.75, 3.05) is 26.0 Å². The van der Waals surface area contributed by atoms with Crippen molar-refractivity contribution >= 4 is 16.0 Å². The lowest BCUT2D eigenvalue weighted by molar-refractivity contribution is -0.137. The van der Waals surface area contributed by atoms with Crippen LogP contribution in [-0.4, -0.2) is 44.6 Å². The van der Waals surface area contributed by atoms with Gasteiger partial charge < -0.3 is 4.74 Å². The van der Waals surface area contributed by atoms with E-state index in [4.69, 9.17) is 6.42 Å². The Balaban J connectivity index is 4.59. The first-order valence-corrected chi connectivity index (χ1v) is 5.57. The number of carbonyl (C=O) groups is 1. The second-order valence-electron chi connectivity index (χ2n) is 2.46. The third kappa shape index (κ3) is 3.77. The van der Waals surface area contributed by atoms with Gasteiger partial charge in [-0.2, -0.15) is 4.31 Å². The van der Waals surface area contributed by atoms with Gasteiger partial charge in [0, 0.05) is 6.54 Å². The van der Waals surface area contributed by atoms with E-state index in [1.807, 2.05) is 0 Å². The molecule has 0 rings (SSSR count). The van der Waals surface area contributed by atoms with Crippen LogP contribution in [0.3, 0.4) is 0 Å². The molecule has 5 nitrogen and oxygen atoms in total. The van der Waals surface area contributed by atoms with Crippen molar-refractivity contribution in [1.29, 1.82) is 0 Å². The molecule has 0 aliphatic carbocycles. The number of hydrogen-bond donors (Lipinski definition) is 0. The van der Waals surface area contributed by atoms with Crippen molar-refractivity contribution in [2.24, 2.45) is 0 Å². The largest absolute Gasteiger partial charge is 0.468 e. The molecule has 0 unspecified atom stereocenters. The third-order valence-electron chi connectivity index (χ3n) is 1.54. The summed E-state index contributed by atoms with van der Waals surface area (Å²) in [6.07, 6.45) is 4.99. The van der Waals surface area contributed by atoms with Gasteiger partial charge in [-0.1, -0.05) is 12.8 Å². The van der Waals surface area contributed by atoms with Gasteiger partial charge in [0.15, 0.2) is 5.75 Å². The van der Waals surface area contributed by atoms with E-state index in [2.05, 4.69) is 10.7 Å². The van der Waals surface area contributed by atoms with Gasteiger partial charge in [0.1, 0.15) is 0 Å². The molecule has 0 N–H and O–H groups in total. The number of rotatable bonds is 5. The molecule has 0 aromatic carbocycles. The van der Waals surface area contributed by atoms with Gasteiger partial charge in [0.05, 0.1) is 13.7 Å². The minimum absolute atomic E-state index is 0.0319. The average Bonchev–Trinajstić information content (AvgIpc) is 2.12. The van der Waals surface area contributed by atoms with E-state index in [0.717, 1.165) is 11.4 Å². The predicted octanol–water partition coefficient (Wildman–Crippen LogP) is -0.556. The van der Waals surface area contributed by atoms with E-state index in [0.29, 0.717) is 0 Å². The zero-order valence-electron chi connectivity index (χ0n) is 8.19. The SMILES string of the molecule is C#CCN(CC)S(=O)(=O)CC(=O)OC. The Kier molecular flexibility index (Phi) is 5.20. The van der Waals surface area contributed by atoms with Crippen LogP contribution in [0, 0.1) is 12.3 Å². The lowest BCUT2D eigenvalue weighted by Crippen LogP contribution is -2.35. The zero-order chi connectivity index (χ0) is 11.2. The number of carbonyl (C=O) groups excluding carboxylic acids is 1. The molecule has 0 saturated heterocycles. The highest BCUT2D eigenvalue weighted by atomic mass is 32.2. The molecule has 0 aromatic rings. The van der Waals surface area contributed by atoms with Gasteiger partial charge in [0.2, 0.25) is 10.0 Å². The molecule has 80 valence electrons. The normalized spacial score (nSPS) is 11.0. The van der Waals surface area contributed by atoms with E-state index in [-0.39, 0.29) is 13.1 Å². The smallest absolute Gasteiger partial charge is 0.322 e. The highest BCUT2D eigenvalue weighted by molar-refractivity contribution is 7.89. The summed E-state index contributed by atoms with van der Waals surface area (Å²) in [6.45, 7) is 1.85. The standard InChI is InChI=1S/C8H13NO4S/c1-4-6-9(5-2)14(11,12)7-8(10)13-3/h1H,5-7H2,2-3H3. The van der Waals surface area contributed by atoms with Gasteiger partial charge in [0.25, 0.3) is 0 Å². The maximum absolute atomic E-state index is 11.5. The number of nitrogens with zero attached hydrogens (tertiary/aromatic N) is 1. The summed E-state index contributed by atoms with van der Waals surface area (Å²) < 4.78 is 28.2. The lowest BCUT2D eigenvalue weighted by atomic mass is 10.6. The van der Waals surface area contributed by atoms with Crippen molar-refractivity contribution in [1.82, 2.24) is 4.31 Å². The summed E-state index contributed by atoms with van der Waals surface area (Å²) in [5, 5.41) is 0. The van der Waals surface area contributed by atoms with Crippen LogP contribution in [0.4, 0.5) is 0 Å². The summed E-state index contributed by atoms with van der Waals surface area (Å²) in [5.74, 6) is 0.752. The number of terminal acetylenes is 1. The van der Waals surface area contributed by atoms with Crippen molar-refractivity contribution in [3.63, 3.8) is 0 Å². The minimum atomic E-state index is -3.63. The van der Waals surface area contributed by atoms with Crippen LogP contribution < -0.4 is 0 Å². The first kappa shape index (κ1) is 12.9. The first-order chi connectivity index (χ1) is 6.47. The van der Waals surface area contributed by atoms with Crippen LogP contribution in [0.5, 0.6) is 0 Å². The van der Waals surface area contributed by atoms with Crippen LogP contribution in [0.15, 0.2) is 0 Å². The van der Waals surface area contributed by atoms with Gasteiger partial charge >= 0.3 is 5.97 Å². The van der Waals surface area contributed by atoms with Crippen LogP contribution in [0.1, 0.15) is 6.92 Å². The van der Waals surface area contributed by atoms with Crippen molar-refractivity contribution in [3.05, 3.63) is 0 Å². The molecule has 0 fully saturated rings. The predicted molar refractivity (Wildman–Crippen MR) is 51.9 cm³/mol. The fourth-order valence-electron chi connectivity index (χ4n) is 0.808. The van der Waals surface area contributed by atoms with Gasteiger partial charge in [-0.25, -0.2) is 8.42 Å². The van der Waals surface area contributed by atoms with Crippen LogP contribution in [0.25, 0.3) is 0 Å². The van der Waals surface area contributed by atoms with Crippen molar-refractivity contribution in [3.8, 4) is 12.3 Å². The maximum Gasteiger partial charge on any atom is 0.322 e. The summed E-state index contributed by atoms with van der Waals surface area (Å²) in [5.41, 5.74) is 0. The second kappa shape index (κ2) is 5.62. The number of ether oxygens (including phenoxy) is 1. The highest BCUT2D eigenvalue weighted by Gasteiger charge is 2.23. The topological polar surface area (TPSA) is 63.7 Å². The molecule has 0 bridgehead atoms. The number of hydrogen-bond acceptors (Lipinski definition) is 4. The Bertz CT molecular complexity index is 328. The molecule has 0 radical (unpaired) electrons. The molecule has 0 heterocycles. The lowest BCUT2D eigenvalue weighted by Gasteiger charge is -2.16. The molecule has 0 atom stereocenters. The second-order valence-corrected chi connectivity index (χ2v) is 4.43. The molecule has 6 heteroatoms. The van der Waals surface area contributed by atoms with Crippen molar-refractivity contribution < 1.29 is 17.9 Å². The number of methoxy groups -OCH3 is 1. The summed E-state index contributed by atoms with van der Waals surface area (Å²) in [7, 11) is -2.50. The van der Waals surface area contributed by atoms with E-state index in [9.17, 15) is 13.2 Å². The zero-order valence-corrected chi connectivity index (χ0v) is 9.00. The van der Waals surface area contributed by atoms with Crippen LogP contribution in [0.2, 0.25) is 0 Å².